The smallest absolute Gasteiger partial charge is 0.0359 e. The number of hydrogen-bond acceptors (Lipinski definition) is 2. The van der Waals surface area contributed by atoms with Crippen LogP contribution in [-0.2, 0) is 6.54 Å². The van der Waals surface area contributed by atoms with E-state index in [-0.39, 0.29) is 0 Å². The van der Waals surface area contributed by atoms with Crippen molar-refractivity contribution in [2.45, 2.75) is 13.5 Å². The van der Waals surface area contributed by atoms with Crippen molar-refractivity contribution in [3.05, 3.63) is 42.5 Å². The zero-order valence-corrected chi connectivity index (χ0v) is 8.74. The summed E-state index contributed by atoms with van der Waals surface area (Å²) >= 11 is 0. The lowest BCUT2D eigenvalue weighted by atomic mass is 10.1. The minimum absolute atomic E-state index is 0.870. The second kappa shape index (κ2) is 5.45. The predicted molar refractivity (Wildman–Crippen MR) is 62.0 cm³/mol. The molecule has 0 bridgehead atoms. The highest BCUT2D eigenvalue weighted by atomic mass is 15.1. The largest absolute Gasteiger partial charge is 0.398 e. The van der Waals surface area contributed by atoms with Gasteiger partial charge in [0.15, 0.2) is 0 Å². The lowest BCUT2D eigenvalue weighted by molar-refractivity contribution is 0.312. The Morgan fingerprint density at radius 3 is 2.71 bits per heavy atom. The van der Waals surface area contributed by atoms with Crippen LogP contribution in [0.25, 0.3) is 0 Å². The molecular formula is C12H18N2. The van der Waals surface area contributed by atoms with Crippen LogP contribution in [0.3, 0.4) is 0 Å². The van der Waals surface area contributed by atoms with E-state index < -0.39 is 0 Å². The van der Waals surface area contributed by atoms with Crippen molar-refractivity contribution in [2.75, 3.05) is 18.8 Å². The molecule has 0 spiro atoms. The number of para-hydroxylation sites is 1. The summed E-state index contributed by atoms with van der Waals surface area (Å²) in [6, 6.07) is 7.99. The maximum Gasteiger partial charge on any atom is 0.0359 e. The van der Waals surface area contributed by atoms with Crippen molar-refractivity contribution in [3.63, 3.8) is 0 Å². The van der Waals surface area contributed by atoms with Crippen LogP contribution in [0.15, 0.2) is 36.9 Å². The Kier molecular flexibility index (Phi) is 4.20. The Morgan fingerprint density at radius 1 is 1.43 bits per heavy atom. The third-order valence-electron chi connectivity index (χ3n) is 2.28. The first kappa shape index (κ1) is 10.8. The third kappa shape index (κ3) is 2.89. The first-order chi connectivity index (χ1) is 6.77. The maximum absolute atomic E-state index is 5.87. The van der Waals surface area contributed by atoms with E-state index in [0.29, 0.717) is 0 Å². The molecule has 0 aromatic heterocycles. The molecule has 0 saturated heterocycles. The van der Waals surface area contributed by atoms with Crippen LogP contribution in [0.2, 0.25) is 0 Å². The Morgan fingerprint density at radius 2 is 2.14 bits per heavy atom. The van der Waals surface area contributed by atoms with Gasteiger partial charge in [-0.1, -0.05) is 31.2 Å². The van der Waals surface area contributed by atoms with E-state index in [1.807, 2.05) is 24.3 Å². The zero-order chi connectivity index (χ0) is 10.4. The molecule has 76 valence electrons. The van der Waals surface area contributed by atoms with E-state index >= 15 is 0 Å². The van der Waals surface area contributed by atoms with Gasteiger partial charge in [-0.15, -0.1) is 6.58 Å². The second-order valence-electron chi connectivity index (χ2n) is 3.32. The average Bonchev–Trinajstić information content (AvgIpc) is 2.20. The quantitative estimate of drug-likeness (QED) is 0.570. The van der Waals surface area contributed by atoms with Gasteiger partial charge in [0.25, 0.3) is 0 Å². The van der Waals surface area contributed by atoms with E-state index in [1.165, 1.54) is 5.56 Å². The van der Waals surface area contributed by atoms with Gasteiger partial charge in [-0.2, -0.15) is 0 Å². The van der Waals surface area contributed by atoms with Gasteiger partial charge >= 0.3 is 0 Å². The molecule has 0 amide bonds. The molecule has 0 aliphatic rings. The molecule has 0 atom stereocenters. The lowest BCUT2D eigenvalue weighted by Gasteiger charge is -2.19. The van der Waals surface area contributed by atoms with Gasteiger partial charge in [-0.25, -0.2) is 0 Å². The highest BCUT2D eigenvalue weighted by Crippen LogP contribution is 2.12. The fourth-order valence-corrected chi connectivity index (χ4v) is 1.41. The second-order valence-corrected chi connectivity index (χ2v) is 3.32. The topological polar surface area (TPSA) is 29.3 Å². The molecule has 0 aliphatic heterocycles. The number of rotatable bonds is 5. The van der Waals surface area contributed by atoms with Gasteiger partial charge in [0.1, 0.15) is 0 Å². The summed E-state index contributed by atoms with van der Waals surface area (Å²) in [6.07, 6.45) is 1.92. The Bertz CT molecular complexity index is 294. The monoisotopic (exact) mass is 190 g/mol. The predicted octanol–water partition coefficient (Wildman–Crippen LogP) is 2.28. The standard InChI is InChI=1S/C12H18N2/c1-3-9-14(4-2)10-11-7-5-6-8-12(11)13/h3,5-8H,1,4,9-10,13H2,2H3. The lowest BCUT2D eigenvalue weighted by Crippen LogP contribution is -2.23. The summed E-state index contributed by atoms with van der Waals surface area (Å²) in [5.41, 5.74) is 7.93. The molecule has 1 rings (SSSR count). The zero-order valence-electron chi connectivity index (χ0n) is 8.74. The molecule has 0 aliphatic carbocycles. The molecule has 2 N–H and O–H groups in total. The molecule has 0 heterocycles. The number of benzene rings is 1. The van der Waals surface area contributed by atoms with Crippen LogP contribution >= 0.6 is 0 Å². The van der Waals surface area contributed by atoms with Crippen molar-refractivity contribution < 1.29 is 0 Å². The van der Waals surface area contributed by atoms with Crippen LogP contribution in [0.4, 0.5) is 5.69 Å². The highest BCUT2D eigenvalue weighted by Gasteiger charge is 2.03. The summed E-state index contributed by atoms with van der Waals surface area (Å²) in [6.45, 7) is 8.70. The molecule has 0 saturated carbocycles. The van der Waals surface area contributed by atoms with E-state index in [1.54, 1.807) is 0 Å². The fourth-order valence-electron chi connectivity index (χ4n) is 1.41. The molecule has 0 radical (unpaired) electrons. The Labute approximate surface area is 86.0 Å². The molecule has 0 unspecified atom stereocenters. The SMILES string of the molecule is C=CCN(CC)Cc1ccccc1N. The van der Waals surface area contributed by atoms with Gasteiger partial charge in [0, 0.05) is 18.8 Å². The highest BCUT2D eigenvalue weighted by molar-refractivity contribution is 5.46. The summed E-state index contributed by atoms with van der Waals surface area (Å²) in [5.74, 6) is 0. The average molecular weight is 190 g/mol. The number of nitrogens with two attached hydrogens (primary N) is 1. The first-order valence-corrected chi connectivity index (χ1v) is 4.94. The molecule has 2 nitrogen and oxygen atoms in total. The Balaban J connectivity index is 2.66. The molecular weight excluding hydrogens is 172 g/mol. The van der Waals surface area contributed by atoms with Crippen LogP contribution < -0.4 is 5.73 Å². The normalized spacial score (nSPS) is 10.4. The van der Waals surface area contributed by atoms with Gasteiger partial charge in [-0.05, 0) is 18.2 Å². The summed E-state index contributed by atoms with van der Waals surface area (Å²) in [5, 5.41) is 0. The number of hydrogen-bond donors (Lipinski definition) is 1. The van der Waals surface area contributed by atoms with Gasteiger partial charge < -0.3 is 5.73 Å². The first-order valence-electron chi connectivity index (χ1n) is 4.94. The number of nitrogens with zero attached hydrogens (tertiary/aromatic N) is 1. The van der Waals surface area contributed by atoms with Gasteiger partial charge in [0.05, 0.1) is 0 Å². The summed E-state index contributed by atoms with van der Waals surface area (Å²) in [4.78, 5) is 2.29. The third-order valence-corrected chi connectivity index (χ3v) is 2.28. The van der Waals surface area contributed by atoms with Crippen molar-refractivity contribution in [2.24, 2.45) is 0 Å². The van der Waals surface area contributed by atoms with Crippen molar-refractivity contribution in [1.29, 1.82) is 0 Å². The molecule has 2 heteroatoms. The van der Waals surface area contributed by atoms with E-state index in [9.17, 15) is 0 Å². The van der Waals surface area contributed by atoms with Crippen LogP contribution in [-0.4, -0.2) is 18.0 Å². The van der Waals surface area contributed by atoms with Crippen molar-refractivity contribution >= 4 is 5.69 Å². The van der Waals surface area contributed by atoms with E-state index in [4.69, 9.17) is 5.73 Å². The van der Waals surface area contributed by atoms with E-state index in [2.05, 4.69) is 24.5 Å². The van der Waals surface area contributed by atoms with E-state index in [0.717, 1.165) is 25.3 Å². The fraction of sp³-hybridized carbons (Fsp3) is 0.333. The summed E-state index contributed by atoms with van der Waals surface area (Å²) < 4.78 is 0. The van der Waals surface area contributed by atoms with Crippen LogP contribution in [0, 0.1) is 0 Å². The minimum Gasteiger partial charge on any atom is -0.398 e. The minimum atomic E-state index is 0.870. The molecule has 1 aromatic rings. The van der Waals surface area contributed by atoms with Crippen LogP contribution in [0.5, 0.6) is 0 Å². The molecule has 0 fully saturated rings. The summed E-state index contributed by atoms with van der Waals surface area (Å²) in [7, 11) is 0. The molecule has 1 aromatic carbocycles. The maximum atomic E-state index is 5.87. The van der Waals surface area contributed by atoms with Gasteiger partial charge in [0.2, 0.25) is 0 Å². The number of likely N-dealkylation sites (N-methyl/N-ethyl adjacent to an activating group) is 1. The van der Waals surface area contributed by atoms with Gasteiger partial charge in [-0.3, -0.25) is 4.90 Å². The number of anilines is 1. The number of nitrogen functional groups attached to an aromatic ring is 1. The van der Waals surface area contributed by atoms with Crippen LogP contribution in [0.1, 0.15) is 12.5 Å². The van der Waals surface area contributed by atoms with Crippen molar-refractivity contribution in [3.8, 4) is 0 Å². The molecule has 14 heavy (non-hydrogen) atoms. The van der Waals surface area contributed by atoms with Crippen molar-refractivity contribution in [1.82, 2.24) is 4.90 Å². The Hall–Kier alpha value is -1.28.